The lowest BCUT2D eigenvalue weighted by atomic mass is 10.1. The predicted octanol–water partition coefficient (Wildman–Crippen LogP) is 2.15. The maximum Gasteiger partial charge on any atom is 0.262 e. The SMILES string of the molecule is CCCNC(=O)[C@H]1CN(C(=O)Cc2c(C)noc2C)c2ccccc2O1. The molecule has 138 valence electrons. The summed E-state index contributed by atoms with van der Waals surface area (Å²) >= 11 is 0. The normalized spacial score (nSPS) is 16.0. The highest BCUT2D eigenvalue weighted by Crippen LogP contribution is 2.33. The zero-order valence-corrected chi connectivity index (χ0v) is 15.2. The average molecular weight is 357 g/mol. The van der Waals surface area contributed by atoms with Crippen molar-refractivity contribution in [3.05, 3.63) is 41.3 Å². The number of amides is 2. The van der Waals surface area contributed by atoms with Crippen molar-refractivity contribution < 1.29 is 18.8 Å². The Morgan fingerprint density at radius 1 is 1.31 bits per heavy atom. The molecule has 3 rings (SSSR count). The number of nitrogens with zero attached hydrogens (tertiary/aromatic N) is 2. The number of benzene rings is 1. The third kappa shape index (κ3) is 3.56. The van der Waals surface area contributed by atoms with Gasteiger partial charge in [-0.2, -0.15) is 0 Å². The van der Waals surface area contributed by atoms with Crippen molar-refractivity contribution in [2.45, 2.75) is 39.7 Å². The highest BCUT2D eigenvalue weighted by Gasteiger charge is 2.34. The van der Waals surface area contributed by atoms with Crippen molar-refractivity contribution in [2.24, 2.45) is 0 Å². The molecule has 0 fully saturated rings. The largest absolute Gasteiger partial charge is 0.477 e. The fourth-order valence-electron chi connectivity index (χ4n) is 2.97. The molecule has 7 heteroatoms. The molecule has 26 heavy (non-hydrogen) atoms. The Labute approximate surface area is 152 Å². The summed E-state index contributed by atoms with van der Waals surface area (Å²) in [4.78, 5) is 27.0. The van der Waals surface area contributed by atoms with Crippen LogP contribution in [0.4, 0.5) is 5.69 Å². The maximum atomic E-state index is 13.0. The molecule has 0 aliphatic carbocycles. The van der Waals surface area contributed by atoms with E-state index in [1.165, 1.54) is 0 Å². The molecule has 1 aromatic carbocycles. The molecule has 0 saturated carbocycles. The fraction of sp³-hybridized carbons (Fsp3) is 0.421. The van der Waals surface area contributed by atoms with Crippen LogP contribution in [0.2, 0.25) is 0 Å². The summed E-state index contributed by atoms with van der Waals surface area (Å²) in [5.41, 5.74) is 2.16. The van der Waals surface area contributed by atoms with Gasteiger partial charge >= 0.3 is 0 Å². The number of carbonyl (C=O) groups is 2. The minimum atomic E-state index is -0.731. The first-order valence-corrected chi connectivity index (χ1v) is 8.76. The van der Waals surface area contributed by atoms with Gasteiger partial charge in [0.1, 0.15) is 11.5 Å². The van der Waals surface area contributed by atoms with Crippen molar-refractivity contribution >= 4 is 17.5 Å². The number of aryl methyl sites for hydroxylation is 2. The Bertz CT molecular complexity index is 795. The van der Waals surface area contributed by atoms with Crippen LogP contribution >= 0.6 is 0 Å². The first-order valence-electron chi connectivity index (χ1n) is 8.76. The third-order valence-corrected chi connectivity index (χ3v) is 4.43. The highest BCUT2D eigenvalue weighted by molar-refractivity contribution is 5.98. The predicted molar refractivity (Wildman–Crippen MR) is 96.2 cm³/mol. The Kier molecular flexibility index (Phi) is 5.25. The second-order valence-electron chi connectivity index (χ2n) is 6.35. The maximum absolute atomic E-state index is 13.0. The summed E-state index contributed by atoms with van der Waals surface area (Å²) in [5.74, 6) is 0.831. The van der Waals surface area contributed by atoms with Crippen LogP contribution in [0, 0.1) is 13.8 Å². The molecule has 0 unspecified atom stereocenters. The Morgan fingerprint density at radius 2 is 2.08 bits per heavy atom. The number of carbonyl (C=O) groups excluding carboxylic acids is 2. The lowest BCUT2D eigenvalue weighted by Gasteiger charge is -2.34. The smallest absolute Gasteiger partial charge is 0.262 e. The number of fused-ring (bicyclic) bond motifs is 1. The van der Waals surface area contributed by atoms with Crippen LogP contribution in [0.1, 0.15) is 30.4 Å². The Morgan fingerprint density at radius 3 is 2.77 bits per heavy atom. The van der Waals surface area contributed by atoms with E-state index in [1.54, 1.807) is 17.9 Å². The zero-order chi connectivity index (χ0) is 18.7. The summed E-state index contributed by atoms with van der Waals surface area (Å²) in [6.07, 6.45) is 0.271. The van der Waals surface area contributed by atoms with E-state index in [0.29, 0.717) is 29.4 Å². The number of hydrogen-bond donors (Lipinski definition) is 1. The van der Waals surface area contributed by atoms with Crippen molar-refractivity contribution in [3.63, 3.8) is 0 Å². The van der Waals surface area contributed by atoms with Crippen LogP contribution in [0.15, 0.2) is 28.8 Å². The van der Waals surface area contributed by atoms with Crippen molar-refractivity contribution in [3.8, 4) is 5.75 Å². The topological polar surface area (TPSA) is 84.7 Å². The number of ether oxygens (including phenoxy) is 1. The average Bonchev–Trinajstić information content (AvgIpc) is 2.97. The highest BCUT2D eigenvalue weighted by atomic mass is 16.5. The van der Waals surface area contributed by atoms with E-state index in [9.17, 15) is 9.59 Å². The van der Waals surface area contributed by atoms with Gasteiger partial charge in [-0.1, -0.05) is 24.2 Å². The van der Waals surface area contributed by atoms with E-state index < -0.39 is 6.10 Å². The minimum Gasteiger partial charge on any atom is -0.477 e. The second-order valence-corrected chi connectivity index (χ2v) is 6.35. The van der Waals surface area contributed by atoms with Gasteiger partial charge in [-0.3, -0.25) is 9.59 Å². The number of anilines is 1. The third-order valence-electron chi connectivity index (χ3n) is 4.43. The second kappa shape index (κ2) is 7.59. The van der Waals surface area contributed by atoms with Crippen LogP contribution in [-0.4, -0.2) is 36.2 Å². The first-order chi connectivity index (χ1) is 12.5. The molecule has 1 N–H and O–H groups in total. The number of para-hydroxylation sites is 2. The van der Waals surface area contributed by atoms with Gasteiger partial charge in [0, 0.05) is 12.1 Å². The van der Waals surface area contributed by atoms with Gasteiger partial charge in [0.15, 0.2) is 6.10 Å². The number of aromatic nitrogens is 1. The molecule has 2 amide bonds. The van der Waals surface area contributed by atoms with Gasteiger partial charge in [0.2, 0.25) is 5.91 Å². The van der Waals surface area contributed by atoms with Crippen LogP contribution in [0.25, 0.3) is 0 Å². The number of nitrogens with one attached hydrogen (secondary N) is 1. The van der Waals surface area contributed by atoms with E-state index >= 15 is 0 Å². The van der Waals surface area contributed by atoms with Crippen LogP contribution in [0.3, 0.4) is 0 Å². The van der Waals surface area contributed by atoms with Gasteiger partial charge < -0.3 is 19.5 Å². The van der Waals surface area contributed by atoms with E-state index in [0.717, 1.165) is 12.0 Å². The van der Waals surface area contributed by atoms with Gasteiger partial charge in [0.05, 0.1) is 24.3 Å². The first kappa shape index (κ1) is 18.0. The summed E-state index contributed by atoms with van der Waals surface area (Å²) in [7, 11) is 0. The molecule has 1 aliphatic rings. The zero-order valence-electron chi connectivity index (χ0n) is 15.2. The molecular formula is C19H23N3O4. The minimum absolute atomic E-state index is 0.122. The van der Waals surface area contributed by atoms with Crippen LogP contribution in [-0.2, 0) is 16.0 Å². The summed E-state index contributed by atoms with van der Waals surface area (Å²) < 4.78 is 11.0. The van der Waals surface area contributed by atoms with E-state index in [4.69, 9.17) is 9.26 Å². The number of rotatable bonds is 5. The van der Waals surface area contributed by atoms with Crippen molar-refractivity contribution in [2.75, 3.05) is 18.0 Å². The van der Waals surface area contributed by atoms with Crippen molar-refractivity contribution in [1.82, 2.24) is 10.5 Å². The van der Waals surface area contributed by atoms with Gasteiger partial charge in [0.25, 0.3) is 5.91 Å². The summed E-state index contributed by atoms with van der Waals surface area (Å²) in [5, 5.41) is 6.73. The Hall–Kier alpha value is -2.83. The van der Waals surface area contributed by atoms with E-state index in [1.807, 2.05) is 32.0 Å². The Balaban J connectivity index is 1.84. The van der Waals surface area contributed by atoms with Crippen molar-refractivity contribution in [1.29, 1.82) is 0 Å². The molecular weight excluding hydrogens is 334 g/mol. The van der Waals surface area contributed by atoms with Crippen LogP contribution < -0.4 is 15.0 Å². The molecule has 1 aromatic heterocycles. The molecule has 0 bridgehead atoms. The lowest BCUT2D eigenvalue weighted by Crippen LogP contribution is -2.51. The van der Waals surface area contributed by atoms with E-state index in [2.05, 4.69) is 10.5 Å². The fourth-order valence-corrected chi connectivity index (χ4v) is 2.97. The quantitative estimate of drug-likeness (QED) is 0.886. The van der Waals surface area contributed by atoms with Gasteiger partial charge in [-0.05, 0) is 32.4 Å². The molecule has 0 saturated heterocycles. The number of hydrogen-bond acceptors (Lipinski definition) is 5. The standard InChI is InChI=1S/C19H23N3O4/c1-4-9-20-19(24)17-11-22(15-7-5-6-8-16(15)25-17)18(23)10-14-12(2)21-26-13(14)3/h5-8,17H,4,9-11H2,1-3H3,(H,20,24)/t17-/m1/s1. The van der Waals surface area contributed by atoms with E-state index in [-0.39, 0.29) is 24.8 Å². The molecule has 2 aromatic rings. The monoisotopic (exact) mass is 357 g/mol. The molecule has 7 nitrogen and oxygen atoms in total. The van der Waals surface area contributed by atoms with Gasteiger partial charge in [-0.25, -0.2) is 0 Å². The molecule has 1 aliphatic heterocycles. The molecule has 0 spiro atoms. The lowest BCUT2D eigenvalue weighted by molar-refractivity contribution is -0.128. The van der Waals surface area contributed by atoms with Gasteiger partial charge in [-0.15, -0.1) is 0 Å². The molecule has 2 heterocycles. The molecule has 0 radical (unpaired) electrons. The summed E-state index contributed by atoms with van der Waals surface area (Å²) in [6, 6.07) is 7.25. The van der Waals surface area contributed by atoms with Crippen LogP contribution in [0.5, 0.6) is 5.75 Å². The summed E-state index contributed by atoms with van der Waals surface area (Å²) in [6.45, 7) is 6.34. The molecule has 1 atom stereocenters.